The molecule has 1 amide bonds. The third-order valence-corrected chi connectivity index (χ3v) is 3.40. The Morgan fingerprint density at radius 1 is 1.19 bits per heavy atom. The van der Waals surface area contributed by atoms with E-state index in [0.29, 0.717) is 5.02 Å². The van der Waals surface area contributed by atoms with Crippen LogP contribution in [0.4, 0.5) is 15.9 Å². The van der Waals surface area contributed by atoms with Gasteiger partial charge in [0.25, 0.3) is 5.91 Å². The number of anilines is 2. The highest BCUT2D eigenvalue weighted by molar-refractivity contribution is 6.42. The first-order valence-corrected chi connectivity index (χ1v) is 6.85. The fraction of sp³-hybridized carbons (Fsp3) is 0.0769. The molecule has 0 aliphatic heterocycles. The van der Waals surface area contributed by atoms with Crippen molar-refractivity contribution in [2.45, 2.75) is 0 Å². The van der Waals surface area contributed by atoms with Crippen molar-refractivity contribution in [2.75, 3.05) is 17.7 Å². The van der Waals surface area contributed by atoms with Gasteiger partial charge >= 0.3 is 0 Å². The first kappa shape index (κ1) is 15.8. The Kier molecular flexibility index (Phi) is 4.88. The van der Waals surface area contributed by atoms with Crippen LogP contribution >= 0.6 is 34.8 Å². The molecule has 0 aliphatic rings. The quantitative estimate of drug-likeness (QED) is 0.860. The average Bonchev–Trinajstić information content (AvgIpc) is 2.42. The van der Waals surface area contributed by atoms with Crippen LogP contribution in [0, 0.1) is 5.82 Å². The van der Waals surface area contributed by atoms with Gasteiger partial charge in [-0.3, -0.25) is 4.79 Å². The monoisotopic (exact) mass is 347 g/mol. The van der Waals surface area contributed by atoms with Crippen LogP contribution in [0.25, 0.3) is 0 Å². The van der Waals surface area contributed by atoms with Crippen LogP contribution in [-0.2, 0) is 0 Å². The van der Waals surface area contributed by atoms with Gasteiger partial charge in [0, 0.05) is 12.1 Å². The number of hydrogen-bond acceptors (Lipinski definition) is 3. The molecular formula is C13H9Cl3FN3O. The minimum absolute atomic E-state index is 0.0274. The lowest BCUT2D eigenvalue weighted by molar-refractivity contribution is 0.102. The van der Waals surface area contributed by atoms with Crippen molar-refractivity contribution >= 4 is 52.2 Å². The Morgan fingerprint density at radius 3 is 2.38 bits per heavy atom. The van der Waals surface area contributed by atoms with Gasteiger partial charge in [-0.25, -0.2) is 9.37 Å². The van der Waals surface area contributed by atoms with Crippen molar-refractivity contribution in [3.05, 3.63) is 50.8 Å². The standard InChI is InChI=1S/C13H9Cl3FN3O/c1-18-12-8(4-7(17)5-19-12)13(21)20-11-9(15)2-6(14)3-10(11)16/h2-5H,1H3,(H,18,19)(H,20,21). The van der Waals surface area contributed by atoms with Gasteiger partial charge in [0.05, 0.1) is 27.5 Å². The normalized spacial score (nSPS) is 10.3. The Balaban J connectivity index is 2.37. The van der Waals surface area contributed by atoms with Crippen molar-refractivity contribution in [2.24, 2.45) is 0 Å². The molecule has 0 saturated heterocycles. The lowest BCUT2D eigenvalue weighted by Gasteiger charge is -2.12. The molecule has 0 unspecified atom stereocenters. The van der Waals surface area contributed by atoms with E-state index < -0.39 is 11.7 Å². The highest BCUT2D eigenvalue weighted by Crippen LogP contribution is 2.34. The number of benzene rings is 1. The molecule has 0 bridgehead atoms. The zero-order valence-electron chi connectivity index (χ0n) is 10.7. The zero-order chi connectivity index (χ0) is 15.6. The molecular weight excluding hydrogens is 340 g/mol. The molecule has 2 aromatic rings. The van der Waals surface area contributed by atoms with Crippen LogP contribution in [0.15, 0.2) is 24.4 Å². The predicted octanol–water partition coefficient (Wildman–Crippen LogP) is 4.47. The Morgan fingerprint density at radius 2 is 1.81 bits per heavy atom. The van der Waals surface area contributed by atoms with Crippen molar-refractivity contribution < 1.29 is 9.18 Å². The van der Waals surface area contributed by atoms with E-state index in [9.17, 15) is 9.18 Å². The molecule has 0 radical (unpaired) electrons. The van der Waals surface area contributed by atoms with Crippen molar-refractivity contribution in [3.63, 3.8) is 0 Å². The Labute approximate surface area is 135 Å². The molecule has 0 atom stereocenters. The summed E-state index contributed by atoms with van der Waals surface area (Å²) in [7, 11) is 1.57. The first-order valence-electron chi connectivity index (χ1n) is 5.71. The third kappa shape index (κ3) is 3.56. The SMILES string of the molecule is CNc1ncc(F)cc1C(=O)Nc1c(Cl)cc(Cl)cc1Cl. The van der Waals surface area contributed by atoms with E-state index in [1.165, 1.54) is 12.1 Å². The number of aromatic nitrogens is 1. The first-order chi connectivity index (χ1) is 9.92. The van der Waals surface area contributed by atoms with E-state index in [-0.39, 0.29) is 27.1 Å². The van der Waals surface area contributed by atoms with Crippen molar-refractivity contribution in [3.8, 4) is 0 Å². The summed E-state index contributed by atoms with van der Waals surface area (Å²) < 4.78 is 13.3. The summed E-state index contributed by atoms with van der Waals surface area (Å²) in [5.41, 5.74) is 0.221. The number of nitrogens with zero attached hydrogens (tertiary/aromatic N) is 1. The van der Waals surface area contributed by atoms with Gasteiger partial charge in [0.1, 0.15) is 11.6 Å². The molecule has 2 rings (SSSR count). The number of carbonyl (C=O) groups excluding carboxylic acids is 1. The smallest absolute Gasteiger partial charge is 0.259 e. The van der Waals surface area contributed by atoms with E-state index in [0.717, 1.165) is 12.3 Å². The molecule has 1 heterocycles. The molecule has 1 aromatic carbocycles. The fourth-order valence-electron chi connectivity index (χ4n) is 1.65. The number of amides is 1. The second-order valence-electron chi connectivity index (χ2n) is 4.00. The maximum atomic E-state index is 13.3. The minimum Gasteiger partial charge on any atom is -0.372 e. The topological polar surface area (TPSA) is 54.0 Å². The van der Waals surface area contributed by atoms with E-state index in [4.69, 9.17) is 34.8 Å². The predicted molar refractivity (Wildman–Crippen MR) is 83.2 cm³/mol. The van der Waals surface area contributed by atoms with Crippen LogP contribution in [-0.4, -0.2) is 17.9 Å². The highest BCUT2D eigenvalue weighted by Gasteiger charge is 2.17. The molecule has 0 aliphatic carbocycles. The summed E-state index contributed by atoms with van der Waals surface area (Å²) in [6, 6.07) is 3.94. The van der Waals surface area contributed by atoms with Crippen LogP contribution in [0.2, 0.25) is 15.1 Å². The molecule has 0 spiro atoms. The molecule has 0 saturated carbocycles. The van der Waals surface area contributed by atoms with E-state index in [1.807, 2.05) is 0 Å². The molecule has 1 aromatic heterocycles. The summed E-state index contributed by atoms with van der Waals surface area (Å²) in [4.78, 5) is 16.0. The molecule has 4 nitrogen and oxygen atoms in total. The number of rotatable bonds is 3. The van der Waals surface area contributed by atoms with E-state index in [2.05, 4.69) is 15.6 Å². The summed E-state index contributed by atoms with van der Waals surface area (Å²) in [5.74, 6) is -1.000. The van der Waals surface area contributed by atoms with E-state index in [1.54, 1.807) is 7.05 Å². The number of pyridine rings is 1. The van der Waals surface area contributed by atoms with Gasteiger partial charge in [-0.1, -0.05) is 34.8 Å². The highest BCUT2D eigenvalue weighted by atomic mass is 35.5. The number of carbonyl (C=O) groups is 1. The van der Waals surface area contributed by atoms with Crippen LogP contribution in [0.1, 0.15) is 10.4 Å². The minimum atomic E-state index is -0.632. The van der Waals surface area contributed by atoms with Gasteiger partial charge in [-0.05, 0) is 18.2 Å². The number of nitrogens with one attached hydrogen (secondary N) is 2. The Hall–Kier alpha value is -1.56. The largest absolute Gasteiger partial charge is 0.372 e. The average molecular weight is 349 g/mol. The molecule has 110 valence electrons. The van der Waals surface area contributed by atoms with Crippen LogP contribution in [0.5, 0.6) is 0 Å². The van der Waals surface area contributed by atoms with Crippen molar-refractivity contribution in [1.82, 2.24) is 4.98 Å². The lowest BCUT2D eigenvalue weighted by Crippen LogP contribution is -2.16. The summed E-state index contributed by atoms with van der Waals surface area (Å²) >= 11 is 17.8. The van der Waals surface area contributed by atoms with E-state index >= 15 is 0 Å². The second kappa shape index (κ2) is 6.47. The zero-order valence-corrected chi connectivity index (χ0v) is 12.9. The van der Waals surface area contributed by atoms with Crippen LogP contribution < -0.4 is 10.6 Å². The molecule has 21 heavy (non-hydrogen) atoms. The molecule has 2 N–H and O–H groups in total. The van der Waals surface area contributed by atoms with Gasteiger partial charge in [0.15, 0.2) is 0 Å². The third-order valence-electron chi connectivity index (χ3n) is 2.58. The number of hydrogen-bond donors (Lipinski definition) is 2. The fourth-order valence-corrected chi connectivity index (χ4v) is 2.57. The van der Waals surface area contributed by atoms with Gasteiger partial charge in [-0.2, -0.15) is 0 Å². The number of halogens is 4. The van der Waals surface area contributed by atoms with Gasteiger partial charge in [0.2, 0.25) is 0 Å². The lowest BCUT2D eigenvalue weighted by atomic mass is 10.2. The second-order valence-corrected chi connectivity index (χ2v) is 5.25. The Bertz CT molecular complexity index is 686. The molecule has 0 fully saturated rings. The van der Waals surface area contributed by atoms with Gasteiger partial charge in [-0.15, -0.1) is 0 Å². The van der Waals surface area contributed by atoms with Crippen LogP contribution in [0.3, 0.4) is 0 Å². The summed E-state index contributed by atoms with van der Waals surface area (Å²) in [5, 5.41) is 5.91. The maximum Gasteiger partial charge on any atom is 0.259 e. The molecule has 8 heteroatoms. The summed E-state index contributed by atoms with van der Waals surface area (Å²) in [6.45, 7) is 0. The van der Waals surface area contributed by atoms with Crippen molar-refractivity contribution in [1.29, 1.82) is 0 Å². The summed E-state index contributed by atoms with van der Waals surface area (Å²) in [6.07, 6.45) is 1.00. The maximum absolute atomic E-state index is 13.3. The van der Waals surface area contributed by atoms with Gasteiger partial charge < -0.3 is 10.6 Å².